The second-order valence-corrected chi connectivity index (χ2v) is 3.79. The van der Waals surface area contributed by atoms with Crippen LogP contribution in [0.1, 0.15) is 27.0 Å². The maximum Gasteiger partial charge on any atom is 0.196 e. The molecule has 1 aromatic heterocycles. The molecule has 1 aromatic carbocycles. The van der Waals surface area contributed by atoms with Gasteiger partial charge < -0.3 is 4.74 Å². The molecule has 4 nitrogen and oxygen atoms in total. The summed E-state index contributed by atoms with van der Waals surface area (Å²) in [6, 6.07) is 5.69. The maximum absolute atomic E-state index is 12.0. The van der Waals surface area contributed by atoms with Crippen LogP contribution in [0.4, 0.5) is 0 Å². The van der Waals surface area contributed by atoms with Crippen LogP contribution in [0.5, 0.6) is 0 Å². The molecule has 0 saturated carbocycles. The third kappa shape index (κ3) is 1.44. The fraction of sp³-hybridized carbons (Fsp3) is 0.167. The lowest BCUT2D eigenvalue weighted by atomic mass is 10.0. The number of benzene rings is 1. The van der Waals surface area contributed by atoms with Gasteiger partial charge in [-0.05, 0) is 17.2 Å². The number of carbonyl (C=O) groups is 1. The van der Waals surface area contributed by atoms with Crippen molar-refractivity contribution < 1.29 is 9.53 Å². The van der Waals surface area contributed by atoms with Gasteiger partial charge in [0.15, 0.2) is 5.78 Å². The van der Waals surface area contributed by atoms with Crippen LogP contribution in [-0.2, 0) is 18.0 Å². The largest absolute Gasteiger partial charge is 0.372 e. The van der Waals surface area contributed by atoms with Crippen molar-refractivity contribution in [2.45, 2.75) is 13.2 Å². The van der Waals surface area contributed by atoms with E-state index >= 15 is 0 Å². The second kappa shape index (κ2) is 3.57. The summed E-state index contributed by atoms with van der Waals surface area (Å²) in [6.45, 7) is 1.25. The molecule has 0 amide bonds. The quantitative estimate of drug-likeness (QED) is 0.773. The van der Waals surface area contributed by atoms with Gasteiger partial charge in [-0.15, -0.1) is 0 Å². The molecule has 0 bridgehead atoms. The lowest BCUT2D eigenvalue weighted by Gasteiger charge is -2.01. The number of ether oxygens (including phenoxy) is 1. The number of aromatic amines is 1. The van der Waals surface area contributed by atoms with Crippen molar-refractivity contribution in [2.75, 3.05) is 0 Å². The van der Waals surface area contributed by atoms with E-state index in [1.54, 1.807) is 6.20 Å². The minimum absolute atomic E-state index is 0.0107. The van der Waals surface area contributed by atoms with Gasteiger partial charge in [0.1, 0.15) is 0 Å². The predicted molar refractivity (Wildman–Crippen MR) is 57.0 cm³/mol. The molecule has 0 unspecified atom stereocenters. The molecule has 1 aliphatic rings. The number of carbonyl (C=O) groups excluding carboxylic acids is 1. The first-order chi connectivity index (χ1) is 7.84. The number of hydrogen-bond acceptors (Lipinski definition) is 3. The van der Waals surface area contributed by atoms with Crippen molar-refractivity contribution in [2.24, 2.45) is 0 Å². The third-order valence-electron chi connectivity index (χ3n) is 2.74. The first kappa shape index (κ1) is 9.30. The van der Waals surface area contributed by atoms with Crippen LogP contribution in [-0.4, -0.2) is 16.0 Å². The SMILES string of the molecule is O=C(c1cn[nH]c1)c1ccc2c(c1)COC2. The molecule has 0 atom stereocenters. The average molecular weight is 214 g/mol. The zero-order chi connectivity index (χ0) is 11.0. The zero-order valence-corrected chi connectivity index (χ0v) is 8.56. The summed E-state index contributed by atoms with van der Waals surface area (Å²) in [5.74, 6) is -0.0107. The van der Waals surface area contributed by atoms with E-state index in [-0.39, 0.29) is 5.78 Å². The molecule has 0 spiro atoms. The zero-order valence-electron chi connectivity index (χ0n) is 8.56. The van der Waals surface area contributed by atoms with E-state index < -0.39 is 0 Å². The van der Waals surface area contributed by atoms with E-state index in [0.29, 0.717) is 24.3 Å². The van der Waals surface area contributed by atoms with Gasteiger partial charge >= 0.3 is 0 Å². The Morgan fingerprint density at radius 1 is 1.25 bits per heavy atom. The van der Waals surface area contributed by atoms with Crippen LogP contribution in [0.25, 0.3) is 0 Å². The van der Waals surface area contributed by atoms with E-state index in [1.165, 1.54) is 11.8 Å². The maximum atomic E-state index is 12.0. The number of fused-ring (bicyclic) bond motifs is 1. The molecule has 0 fully saturated rings. The Labute approximate surface area is 92.2 Å². The number of nitrogens with one attached hydrogen (secondary N) is 1. The minimum Gasteiger partial charge on any atom is -0.372 e. The Hall–Kier alpha value is -1.94. The van der Waals surface area contributed by atoms with Crippen LogP contribution < -0.4 is 0 Å². The summed E-state index contributed by atoms with van der Waals surface area (Å²) in [7, 11) is 0. The number of rotatable bonds is 2. The van der Waals surface area contributed by atoms with Gasteiger partial charge in [0.05, 0.1) is 25.0 Å². The Kier molecular flexibility index (Phi) is 2.08. The second-order valence-electron chi connectivity index (χ2n) is 3.79. The molecule has 16 heavy (non-hydrogen) atoms. The molecule has 0 radical (unpaired) electrons. The highest BCUT2D eigenvalue weighted by molar-refractivity contribution is 6.08. The molecule has 0 aliphatic carbocycles. The van der Waals surface area contributed by atoms with Gasteiger partial charge in [-0.3, -0.25) is 9.89 Å². The van der Waals surface area contributed by atoms with Crippen molar-refractivity contribution in [1.29, 1.82) is 0 Å². The van der Waals surface area contributed by atoms with Gasteiger partial charge in [0.2, 0.25) is 0 Å². The summed E-state index contributed by atoms with van der Waals surface area (Å²) < 4.78 is 5.31. The van der Waals surface area contributed by atoms with Crippen molar-refractivity contribution in [1.82, 2.24) is 10.2 Å². The Morgan fingerprint density at radius 3 is 2.94 bits per heavy atom. The summed E-state index contributed by atoms with van der Waals surface area (Å²) in [4.78, 5) is 12.0. The van der Waals surface area contributed by atoms with Crippen molar-refractivity contribution >= 4 is 5.78 Å². The predicted octanol–water partition coefficient (Wildman–Crippen LogP) is 1.67. The fourth-order valence-corrected chi connectivity index (χ4v) is 1.86. The number of hydrogen-bond donors (Lipinski definition) is 1. The number of H-pyrrole nitrogens is 1. The van der Waals surface area contributed by atoms with Crippen LogP contribution >= 0.6 is 0 Å². The first-order valence-corrected chi connectivity index (χ1v) is 5.07. The van der Waals surface area contributed by atoms with E-state index in [1.807, 2.05) is 18.2 Å². The first-order valence-electron chi connectivity index (χ1n) is 5.07. The molecule has 3 rings (SSSR count). The molecule has 80 valence electrons. The Bertz CT molecular complexity index is 532. The lowest BCUT2D eigenvalue weighted by Crippen LogP contribution is -2.00. The summed E-state index contributed by atoms with van der Waals surface area (Å²) >= 11 is 0. The molecule has 1 aliphatic heterocycles. The number of ketones is 1. The van der Waals surface area contributed by atoms with Crippen LogP contribution in [0.3, 0.4) is 0 Å². The van der Waals surface area contributed by atoms with Gasteiger partial charge in [0, 0.05) is 11.8 Å². The van der Waals surface area contributed by atoms with Gasteiger partial charge in [-0.2, -0.15) is 5.10 Å². The normalized spacial score (nSPS) is 13.8. The highest BCUT2D eigenvalue weighted by Crippen LogP contribution is 2.22. The van der Waals surface area contributed by atoms with E-state index in [9.17, 15) is 4.79 Å². The smallest absolute Gasteiger partial charge is 0.196 e. The van der Waals surface area contributed by atoms with Crippen molar-refractivity contribution in [3.8, 4) is 0 Å². The molecule has 2 heterocycles. The van der Waals surface area contributed by atoms with E-state index in [4.69, 9.17) is 4.74 Å². The van der Waals surface area contributed by atoms with E-state index in [0.717, 1.165) is 5.56 Å². The van der Waals surface area contributed by atoms with Gasteiger partial charge in [0.25, 0.3) is 0 Å². The topological polar surface area (TPSA) is 55.0 Å². The van der Waals surface area contributed by atoms with Crippen LogP contribution in [0, 0.1) is 0 Å². The highest BCUT2D eigenvalue weighted by Gasteiger charge is 2.15. The molecule has 0 saturated heterocycles. The molecule has 2 aromatic rings. The van der Waals surface area contributed by atoms with Crippen LogP contribution in [0.2, 0.25) is 0 Å². The lowest BCUT2D eigenvalue weighted by molar-refractivity contribution is 0.103. The summed E-state index contributed by atoms with van der Waals surface area (Å²) in [5, 5.41) is 6.41. The average Bonchev–Trinajstić information content (AvgIpc) is 2.98. The fourth-order valence-electron chi connectivity index (χ4n) is 1.86. The minimum atomic E-state index is -0.0107. The monoisotopic (exact) mass is 214 g/mol. The third-order valence-corrected chi connectivity index (χ3v) is 2.74. The van der Waals surface area contributed by atoms with E-state index in [2.05, 4.69) is 10.2 Å². The van der Waals surface area contributed by atoms with Crippen molar-refractivity contribution in [3.63, 3.8) is 0 Å². The number of nitrogens with zero attached hydrogens (tertiary/aromatic N) is 1. The number of aromatic nitrogens is 2. The summed E-state index contributed by atoms with van der Waals surface area (Å²) in [5.41, 5.74) is 3.54. The standard InChI is InChI=1S/C12H10N2O2/c15-12(11-4-13-14-5-11)8-1-2-9-6-16-7-10(9)3-8/h1-5H,6-7H2,(H,13,14). The molecule has 4 heteroatoms. The molecule has 1 N–H and O–H groups in total. The van der Waals surface area contributed by atoms with Gasteiger partial charge in [-0.25, -0.2) is 0 Å². The molecular formula is C12H10N2O2. The Balaban J connectivity index is 1.99. The van der Waals surface area contributed by atoms with Crippen LogP contribution in [0.15, 0.2) is 30.6 Å². The summed E-state index contributed by atoms with van der Waals surface area (Å²) in [6.07, 6.45) is 3.14. The highest BCUT2D eigenvalue weighted by atomic mass is 16.5. The van der Waals surface area contributed by atoms with Crippen molar-refractivity contribution in [3.05, 3.63) is 52.8 Å². The molecular weight excluding hydrogens is 204 g/mol. The van der Waals surface area contributed by atoms with Gasteiger partial charge in [-0.1, -0.05) is 12.1 Å². The Morgan fingerprint density at radius 2 is 2.12 bits per heavy atom.